The lowest BCUT2D eigenvalue weighted by atomic mass is 10.2. The molecule has 16 heavy (non-hydrogen) atoms. The van der Waals surface area contributed by atoms with Crippen molar-refractivity contribution in [3.63, 3.8) is 0 Å². The van der Waals surface area contributed by atoms with E-state index in [9.17, 15) is 9.13 Å². The van der Waals surface area contributed by atoms with E-state index in [1.165, 1.54) is 21.3 Å². The fraction of sp³-hybridized carbons (Fsp3) is 1.00. The van der Waals surface area contributed by atoms with E-state index in [0.29, 0.717) is 6.42 Å². The minimum atomic E-state index is -3.45. The summed E-state index contributed by atoms with van der Waals surface area (Å²) in [6.07, 6.45) is 0.303. The molecule has 0 saturated carbocycles. The van der Waals surface area contributed by atoms with E-state index >= 15 is 0 Å². The van der Waals surface area contributed by atoms with Crippen LogP contribution in [0.15, 0.2) is 0 Å². The molecule has 0 spiro atoms. The lowest BCUT2D eigenvalue weighted by Gasteiger charge is -2.29. The SMILES string of the molecule is COP1(=O)OC(C)(P(=O)(OC)OC)CC1C. The maximum Gasteiger partial charge on any atom is 0.361 e. The summed E-state index contributed by atoms with van der Waals surface area (Å²) in [5.41, 5.74) is -0.332. The fourth-order valence-electron chi connectivity index (χ4n) is 1.90. The molecule has 1 heterocycles. The Hall–Kier alpha value is 0.300. The highest BCUT2D eigenvalue weighted by Gasteiger charge is 2.60. The van der Waals surface area contributed by atoms with E-state index < -0.39 is 20.5 Å². The van der Waals surface area contributed by atoms with Gasteiger partial charge in [0, 0.05) is 27.8 Å². The molecule has 1 rings (SSSR count). The standard InChI is InChI=1S/C8H18O6P2/c1-7-6-8(2,14-15(7,9)11-3)16(10,12-4)13-5/h7H,6H2,1-5H3. The van der Waals surface area contributed by atoms with Crippen molar-refractivity contribution < 1.29 is 27.2 Å². The van der Waals surface area contributed by atoms with Crippen molar-refractivity contribution in [3.05, 3.63) is 0 Å². The van der Waals surface area contributed by atoms with Crippen LogP contribution in [-0.2, 0) is 27.2 Å². The Bertz CT molecular complexity index is 348. The van der Waals surface area contributed by atoms with Gasteiger partial charge in [0.15, 0.2) is 5.34 Å². The molecule has 0 amide bonds. The van der Waals surface area contributed by atoms with Crippen LogP contribution in [0.25, 0.3) is 0 Å². The van der Waals surface area contributed by atoms with Crippen LogP contribution in [0.1, 0.15) is 20.3 Å². The Labute approximate surface area is 95.7 Å². The Morgan fingerprint density at radius 3 is 2.19 bits per heavy atom. The zero-order valence-electron chi connectivity index (χ0n) is 10.1. The van der Waals surface area contributed by atoms with Crippen LogP contribution < -0.4 is 0 Å². The third-order valence-electron chi connectivity index (χ3n) is 2.85. The van der Waals surface area contributed by atoms with Gasteiger partial charge in [-0.2, -0.15) is 0 Å². The molecule has 0 N–H and O–H groups in total. The first-order valence-corrected chi connectivity index (χ1v) is 8.00. The number of hydrogen-bond donors (Lipinski definition) is 0. The minimum absolute atomic E-state index is 0.303. The summed E-state index contributed by atoms with van der Waals surface area (Å²) in [5, 5.41) is -1.22. The van der Waals surface area contributed by atoms with Crippen LogP contribution in [0.2, 0.25) is 0 Å². The number of rotatable bonds is 4. The van der Waals surface area contributed by atoms with Crippen molar-refractivity contribution in [2.75, 3.05) is 21.3 Å². The summed E-state index contributed by atoms with van der Waals surface area (Å²) >= 11 is 0. The van der Waals surface area contributed by atoms with Crippen LogP contribution in [0.3, 0.4) is 0 Å². The second-order valence-electron chi connectivity index (χ2n) is 3.90. The molecule has 1 aliphatic heterocycles. The molecule has 1 fully saturated rings. The first-order chi connectivity index (χ1) is 7.27. The topological polar surface area (TPSA) is 71.1 Å². The molecule has 0 aromatic carbocycles. The van der Waals surface area contributed by atoms with Gasteiger partial charge >= 0.3 is 15.2 Å². The minimum Gasteiger partial charge on any atom is -0.312 e. The molecule has 96 valence electrons. The van der Waals surface area contributed by atoms with E-state index in [4.69, 9.17) is 18.1 Å². The summed E-state index contributed by atoms with van der Waals surface area (Å²) in [6.45, 7) is 3.29. The Morgan fingerprint density at radius 1 is 1.38 bits per heavy atom. The van der Waals surface area contributed by atoms with Crippen molar-refractivity contribution in [3.8, 4) is 0 Å². The van der Waals surface area contributed by atoms with Gasteiger partial charge in [0.2, 0.25) is 0 Å². The second kappa shape index (κ2) is 4.52. The van der Waals surface area contributed by atoms with Gasteiger partial charge in [0.05, 0.1) is 5.66 Å². The first kappa shape index (κ1) is 14.4. The maximum atomic E-state index is 12.3. The van der Waals surface area contributed by atoms with E-state index in [1.54, 1.807) is 13.8 Å². The van der Waals surface area contributed by atoms with Gasteiger partial charge in [-0.3, -0.25) is 13.7 Å². The molecule has 0 radical (unpaired) electrons. The highest BCUT2D eigenvalue weighted by atomic mass is 31.2. The Kier molecular flexibility index (Phi) is 4.06. The molecular weight excluding hydrogens is 254 g/mol. The van der Waals surface area contributed by atoms with Crippen LogP contribution in [0.5, 0.6) is 0 Å². The van der Waals surface area contributed by atoms with Crippen molar-refractivity contribution in [1.82, 2.24) is 0 Å². The third kappa shape index (κ3) is 2.03. The fourth-order valence-corrected chi connectivity index (χ4v) is 6.01. The largest absolute Gasteiger partial charge is 0.361 e. The highest BCUT2D eigenvalue weighted by molar-refractivity contribution is 7.59. The predicted molar refractivity (Wildman–Crippen MR) is 59.8 cm³/mol. The summed E-state index contributed by atoms with van der Waals surface area (Å²) in [5.74, 6) is 0. The molecule has 3 unspecified atom stereocenters. The molecule has 0 aromatic heterocycles. The van der Waals surface area contributed by atoms with Crippen molar-refractivity contribution in [1.29, 1.82) is 0 Å². The lowest BCUT2D eigenvalue weighted by molar-refractivity contribution is 0.119. The molecule has 0 bridgehead atoms. The van der Waals surface area contributed by atoms with Crippen molar-refractivity contribution in [2.24, 2.45) is 0 Å². The Morgan fingerprint density at radius 2 is 1.88 bits per heavy atom. The van der Waals surface area contributed by atoms with E-state index in [1.807, 2.05) is 0 Å². The van der Waals surface area contributed by atoms with E-state index in [2.05, 4.69) is 0 Å². The zero-order valence-corrected chi connectivity index (χ0v) is 11.9. The molecule has 1 aliphatic rings. The summed E-state index contributed by atoms with van der Waals surface area (Å²) in [6, 6.07) is 0. The van der Waals surface area contributed by atoms with Gasteiger partial charge < -0.3 is 13.6 Å². The molecule has 3 atom stereocenters. The van der Waals surface area contributed by atoms with Gasteiger partial charge in [0.1, 0.15) is 0 Å². The smallest absolute Gasteiger partial charge is 0.312 e. The molecule has 0 aliphatic carbocycles. The van der Waals surface area contributed by atoms with Gasteiger partial charge in [-0.1, -0.05) is 6.92 Å². The summed E-state index contributed by atoms with van der Waals surface area (Å²) < 4.78 is 44.4. The summed E-state index contributed by atoms with van der Waals surface area (Å²) in [4.78, 5) is 0. The van der Waals surface area contributed by atoms with Gasteiger partial charge in [-0.05, 0) is 6.92 Å². The van der Waals surface area contributed by atoms with Gasteiger partial charge in [-0.15, -0.1) is 0 Å². The molecule has 6 nitrogen and oxygen atoms in total. The maximum absolute atomic E-state index is 12.3. The van der Waals surface area contributed by atoms with Crippen LogP contribution >= 0.6 is 15.2 Å². The van der Waals surface area contributed by atoms with Crippen LogP contribution in [-0.4, -0.2) is 32.3 Å². The highest BCUT2D eigenvalue weighted by Crippen LogP contribution is 2.74. The normalized spacial score (nSPS) is 40.2. The summed E-state index contributed by atoms with van der Waals surface area (Å²) in [7, 11) is -2.80. The van der Waals surface area contributed by atoms with Gasteiger partial charge in [-0.25, -0.2) is 0 Å². The van der Waals surface area contributed by atoms with Crippen LogP contribution in [0.4, 0.5) is 0 Å². The van der Waals surface area contributed by atoms with Crippen molar-refractivity contribution in [2.45, 2.75) is 31.3 Å². The van der Waals surface area contributed by atoms with Crippen LogP contribution in [0, 0.1) is 0 Å². The van der Waals surface area contributed by atoms with E-state index in [0.717, 1.165) is 0 Å². The average Bonchev–Trinajstić information content (AvgIpc) is 2.50. The molecule has 1 saturated heterocycles. The van der Waals surface area contributed by atoms with Crippen molar-refractivity contribution >= 4 is 15.2 Å². The molecule has 0 aromatic rings. The van der Waals surface area contributed by atoms with E-state index in [-0.39, 0.29) is 5.66 Å². The quantitative estimate of drug-likeness (QED) is 0.733. The lowest BCUT2D eigenvalue weighted by Crippen LogP contribution is -2.25. The Balaban J connectivity index is 3.08. The number of hydrogen-bond acceptors (Lipinski definition) is 6. The predicted octanol–water partition coefficient (Wildman–Crippen LogP) is 2.84. The first-order valence-electron chi connectivity index (χ1n) is 4.85. The van der Waals surface area contributed by atoms with Gasteiger partial charge in [0.25, 0.3) is 0 Å². The second-order valence-corrected chi connectivity index (χ2v) is 9.08. The zero-order chi connectivity index (χ0) is 12.6. The molecule has 8 heteroatoms. The monoisotopic (exact) mass is 272 g/mol. The molecular formula is C8H18O6P2. The third-order valence-corrected chi connectivity index (χ3v) is 7.82. The average molecular weight is 272 g/mol.